The molecular weight excluding hydrogens is 212 g/mol. The van der Waals surface area contributed by atoms with E-state index >= 15 is 0 Å². The molecule has 0 amide bonds. The maximum atomic E-state index is 10.3. The third kappa shape index (κ3) is 2.29. The first-order valence-corrected chi connectivity index (χ1v) is 5.86. The Morgan fingerprint density at radius 3 is 2.71 bits per heavy atom. The summed E-state index contributed by atoms with van der Waals surface area (Å²) in [5, 5.41) is 0. The van der Waals surface area contributed by atoms with Gasteiger partial charge in [-0.3, -0.25) is 0 Å². The SMILES string of the molecule is C=Cc1c(C)cc(N=C=O)cc1N1CCCC1. The fourth-order valence-electron chi connectivity index (χ4n) is 2.36. The van der Waals surface area contributed by atoms with Crippen LogP contribution in [-0.4, -0.2) is 19.2 Å². The van der Waals surface area contributed by atoms with Gasteiger partial charge in [0.05, 0.1) is 5.69 Å². The van der Waals surface area contributed by atoms with Gasteiger partial charge in [-0.05, 0) is 37.5 Å². The van der Waals surface area contributed by atoms with E-state index in [4.69, 9.17) is 0 Å². The summed E-state index contributed by atoms with van der Waals surface area (Å²) in [5.41, 5.74) is 4.03. The summed E-state index contributed by atoms with van der Waals surface area (Å²) in [5.74, 6) is 0. The molecule has 1 aliphatic rings. The Labute approximate surface area is 101 Å². The standard InChI is InChI=1S/C14H16N2O/c1-3-13-11(2)8-12(15-10-17)9-14(13)16-6-4-5-7-16/h3,8-9H,1,4-7H2,2H3. The molecule has 2 rings (SSSR count). The van der Waals surface area contributed by atoms with E-state index in [-0.39, 0.29) is 0 Å². The number of anilines is 1. The topological polar surface area (TPSA) is 32.7 Å². The molecule has 1 saturated heterocycles. The lowest BCUT2D eigenvalue weighted by Crippen LogP contribution is -2.18. The average molecular weight is 228 g/mol. The van der Waals surface area contributed by atoms with Crippen LogP contribution in [0.4, 0.5) is 11.4 Å². The average Bonchev–Trinajstić information content (AvgIpc) is 2.82. The van der Waals surface area contributed by atoms with Crippen LogP contribution < -0.4 is 4.90 Å². The Morgan fingerprint density at radius 1 is 1.41 bits per heavy atom. The number of hydrogen-bond donors (Lipinski definition) is 0. The number of benzene rings is 1. The van der Waals surface area contributed by atoms with Crippen molar-refractivity contribution in [1.29, 1.82) is 0 Å². The smallest absolute Gasteiger partial charge is 0.240 e. The van der Waals surface area contributed by atoms with Gasteiger partial charge in [-0.2, -0.15) is 4.99 Å². The van der Waals surface area contributed by atoms with Crippen LogP contribution in [-0.2, 0) is 4.79 Å². The number of isocyanates is 1. The van der Waals surface area contributed by atoms with Crippen LogP contribution in [0, 0.1) is 6.92 Å². The largest absolute Gasteiger partial charge is 0.371 e. The fourth-order valence-corrected chi connectivity index (χ4v) is 2.36. The van der Waals surface area contributed by atoms with Gasteiger partial charge >= 0.3 is 0 Å². The van der Waals surface area contributed by atoms with E-state index in [0.29, 0.717) is 5.69 Å². The first-order valence-electron chi connectivity index (χ1n) is 5.86. The van der Waals surface area contributed by atoms with Gasteiger partial charge in [0.1, 0.15) is 0 Å². The molecule has 1 aromatic rings. The highest BCUT2D eigenvalue weighted by atomic mass is 16.1. The van der Waals surface area contributed by atoms with Crippen molar-refractivity contribution in [3.8, 4) is 0 Å². The molecule has 0 atom stereocenters. The molecule has 1 aliphatic heterocycles. The minimum atomic E-state index is 0.671. The summed E-state index contributed by atoms with van der Waals surface area (Å²) >= 11 is 0. The number of aryl methyl sites for hydroxylation is 1. The number of aliphatic imine (C=N–C) groups is 1. The van der Waals surface area contributed by atoms with Gasteiger partial charge in [-0.25, -0.2) is 4.79 Å². The quantitative estimate of drug-likeness (QED) is 0.588. The second kappa shape index (κ2) is 4.98. The molecule has 0 bridgehead atoms. The molecule has 17 heavy (non-hydrogen) atoms. The molecule has 0 radical (unpaired) electrons. The Bertz CT molecular complexity index is 481. The van der Waals surface area contributed by atoms with E-state index < -0.39 is 0 Å². The lowest BCUT2D eigenvalue weighted by molar-refractivity contribution is 0.565. The first kappa shape index (κ1) is 11.6. The lowest BCUT2D eigenvalue weighted by Gasteiger charge is -2.21. The highest BCUT2D eigenvalue weighted by Crippen LogP contribution is 2.32. The zero-order valence-corrected chi connectivity index (χ0v) is 10.1. The van der Waals surface area contributed by atoms with Crippen LogP contribution in [0.1, 0.15) is 24.0 Å². The van der Waals surface area contributed by atoms with E-state index in [2.05, 4.69) is 16.5 Å². The zero-order chi connectivity index (χ0) is 12.3. The highest BCUT2D eigenvalue weighted by molar-refractivity contribution is 5.74. The van der Waals surface area contributed by atoms with Crippen LogP contribution in [0.2, 0.25) is 0 Å². The molecule has 0 aliphatic carbocycles. The van der Waals surface area contributed by atoms with Gasteiger partial charge in [0.2, 0.25) is 6.08 Å². The van der Waals surface area contributed by atoms with Crippen LogP contribution >= 0.6 is 0 Å². The van der Waals surface area contributed by atoms with Crippen molar-refractivity contribution < 1.29 is 4.79 Å². The number of nitrogens with zero attached hydrogens (tertiary/aromatic N) is 2. The molecule has 0 N–H and O–H groups in total. The van der Waals surface area contributed by atoms with E-state index in [9.17, 15) is 4.79 Å². The summed E-state index contributed by atoms with van der Waals surface area (Å²) in [6.45, 7) is 8.01. The molecule has 1 fully saturated rings. The molecule has 0 spiro atoms. The molecule has 3 nitrogen and oxygen atoms in total. The summed E-state index contributed by atoms with van der Waals surface area (Å²) < 4.78 is 0. The molecule has 88 valence electrons. The van der Waals surface area contributed by atoms with Crippen molar-refractivity contribution in [2.75, 3.05) is 18.0 Å². The Hall–Kier alpha value is -1.86. The minimum absolute atomic E-state index is 0.671. The van der Waals surface area contributed by atoms with Crippen LogP contribution in [0.3, 0.4) is 0 Å². The number of carbonyl (C=O) groups excluding carboxylic acids is 1. The second-order valence-corrected chi connectivity index (χ2v) is 4.30. The van der Waals surface area contributed by atoms with Crippen molar-refractivity contribution in [3.05, 3.63) is 29.8 Å². The van der Waals surface area contributed by atoms with Gasteiger partial charge in [-0.15, -0.1) is 0 Å². The zero-order valence-electron chi connectivity index (χ0n) is 10.1. The maximum absolute atomic E-state index is 10.3. The third-order valence-corrected chi connectivity index (χ3v) is 3.18. The van der Waals surface area contributed by atoms with Gasteiger partial charge < -0.3 is 4.90 Å². The van der Waals surface area contributed by atoms with Crippen LogP contribution in [0.25, 0.3) is 6.08 Å². The Morgan fingerprint density at radius 2 is 2.12 bits per heavy atom. The fraction of sp³-hybridized carbons (Fsp3) is 0.357. The van der Waals surface area contributed by atoms with Crippen molar-refractivity contribution in [1.82, 2.24) is 0 Å². The third-order valence-electron chi connectivity index (χ3n) is 3.18. The van der Waals surface area contributed by atoms with Crippen LogP contribution in [0.15, 0.2) is 23.7 Å². The van der Waals surface area contributed by atoms with Crippen LogP contribution in [0.5, 0.6) is 0 Å². The number of hydrogen-bond acceptors (Lipinski definition) is 3. The van der Waals surface area contributed by atoms with Crippen molar-refractivity contribution in [3.63, 3.8) is 0 Å². The molecule has 1 heterocycles. The molecule has 3 heteroatoms. The van der Waals surface area contributed by atoms with Crippen molar-refractivity contribution >= 4 is 23.5 Å². The number of rotatable bonds is 3. The van der Waals surface area contributed by atoms with Gasteiger partial charge in [0.15, 0.2) is 0 Å². The highest BCUT2D eigenvalue weighted by Gasteiger charge is 2.16. The maximum Gasteiger partial charge on any atom is 0.240 e. The van der Waals surface area contributed by atoms with Gasteiger partial charge in [0, 0.05) is 24.3 Å². The molecule has 0 unspecified atom stereocenters. The summed E-state index contributed by atoms with van der Waals surface area (Å²) in [6.07, 6.45) is 5.91. The molecule has 0 aromatic heterocycles. The molecule has 1 aromatic carbocycles. The van der Waals surface area contributed by atoms with Crippen molar-refractivity contribution in [2.24, 2.45) is 4.99 Å². The Kier molecular flexibility index (Phi) is 3.40. The van der Waals surface area contributed by atoms with E-state index in [1.54, 1.807) is 6.08 Å². The normalized spacial score (nSPS) is 14.5. The molecule has 0 saturated carbocycles. The minimum Gasteiger partial charge on any atom is -0.371 e. The predicted molar refractivity (Wildman–Crippen MR) is 70.5 cm³/mol. The second-order valence-electron chi connectivity index (χ2n) is 4.30. The predicted octanol–water partition coefficient (Wildman–Crippen LogP) is 3.21. The molecular formula is C14H16N2O. The summed E-state index contributed by atoms with van der Waals surface area (Å²) in [6, 6.07) is 3.84. The van der Waals surface area contributed by atoms with E-state index in [1.165, 1.54) is 12.8 Å². The lowest BCUT2D eigenvalue weighted by atomic mass is 10.0. The monoisotopic (exact) mass is 228 g/mol. The van der Waals surface area contributed by atoms with E-state index in [1.807, 2.05) is 25.1 Å². The summed E-state index contributed by atoms with van der Waals surface area (Å²) in [4.78, 5) is 16.4. The van der Waals surface area contributed by atoms with Crippen molar-refractivity contribution in [2.45, 2.75) is 19.8 Å². The first-order chi connectivity index (χ1) is 8.26. The van der Waals surface area contributed by atoms with E-state index in [0.717, 1.165) is 29.9 Å². The van der Waals surface area contributed by atoms with Gasteiger partial charge in [-0.1, -0.05) is 12.7 Å². The summed E-state index contributed by atoms with van der Waals surface area (Å²) in [7, 11) is 0. The van der Waals surface area contributed by atoms with Gasteiger partial charge in [0.25, 0.3) is 0 Å². The Balaban J connectivity index is 2.52.